The quantitative estimate of drug-likeness (QED) is 0.304. The Kier molecular flexibility index (Phi) is 9.33. The fourth-order valence-electron chi connectivity index (χ4n) is 4.30. The number of thioether (sulfide) groups is 1. The van der Waals surface area contributed by atoms with Crippen molar-refractivity contribution in [3.63, 3.8) is 0 Å². The van der Waals surface area contributed by atoms with Crippen LogP contribution in [0.5, 0.6) is 0 Å². The molecule has 2 aromatic rings. The highest BCUT2D eigenvalue weighted by atomic mass is 32.2. The third kappa shape index (κ3) is 7.45. The van der Waals surface area contributed by atoms with E-state index in [1.165, 1.54) is 0 Å². The Labute approximate surface area is 203 Å². The number of hydrogen-bond donors (Lipinski definition) is 1. The SMILES string of the molecule is CC(C)[C@H]1CC[C@@H](C)C[C@@H]1OC(=O)COC(=O)c1ccccc1Nc1ccc(SC(F)F)cc1. The summed E-state index contributed by atoms with van der Waals surface area (Å²) in [7, 11) is 0. The molecule has 5 nitrogen and oxygen atoms in total. The lowest BCUT2D eigenvalue weighted by Gasteiger charge is -2.36. The van der Waals surface area contributed by atoms with E-state index in [-0.39, 0.29) is 11.7 Å². The average Bonchev–Trinajstić information content (AvgIpc) is 2.78. The maximum atomic E-state index is 12.7. The van der Waals surface area contributed by atoms with Crippen LogP contribution in [0.2, 0.25) is 0 Å². The number of alkyl halides is 2. The van der Waals surface area contributed by atoms with Crippen LogP contribution in [0.15, 0.2) is 53.4 Å². The molecule has 0 aromatic heterocycles. The number of esters is 2. The second-order valence-electron chi connectivity index (χ2n) is 9.00. The van der Waals surface area contributed by atoms with Gasteiger partial charge >= 0.3 is 11.9 Å². The Morgan fingerprint density at radius 2 is 1.79 bits per heavy atom. The summed E-state index contributed by atoms with van der Waals surface area (Å²) in [6, 6.07) is 13.2. The molecule has 0 saturated heterocycles. The lowest BCUT2D eigenvalue weighted by Crippen LogP contribution is -2.36. The Morgan fingerprint density at radius 1 is 1.09 bits per heavy atom. The maximum absolute atomic E-state index is 12.7. The van der Waals surface area contributed by atoms with Gasteiger partial charge in [0.05, 0.1) is 11.3 Å². The van der Waals surface area contributed by atoms with Crippen LogP contribution >= 0.6 is 11.8 Å². The summed E-state index contributed by atoms with van der Waals surface area (Å²) in [5.41, 5.74) is 1.37. The van der Waals surface area contributed by atoms with Gasteiger partial charge in [-0.2, -0.15) is 8.78 Å². The van der Waals surface area contributed by atoms with Gasteiger partial charge in [0.2, 0.25) is 0 Å². The number of benzene rings is 2. The Balaban J connectivity index is 1.58. The van der Waals surface area contributed by atoms with Crippen LogP contribution < -0.4 is 5.32 Å². The van der Waals surface area contributed by atoms with Crippen molar-refractivity contribution in [1.82, 2.24) is 0 Å². The highest BCUT2D eigenvalue weighted by Gasteiger charge is 2.33. The van der Waals surface area contributed by atoms with Crippen LogP contribution in [0.4, 0.5) is 20.2 Å². The van der Waals surface area contributed by atoms with Crippen LogP contribution in [-0.2, 0) is 14.3 Å². The Morgan fingerprint density at radius 3 is 2.47 bits per heavy atom. The van der Waals surface area contributed by atoms with Crippen molar-refractivity contribution in [1.29, 1.82) is 0 Å². The lowest BCUT2D eigenvalue weighted by molar-refractivity contribution is -0.159. The van der Waals surface area contributed by atoms with Crippen molar-refractivity contribution in [3.8, 4) is 0 Å². The summed E-state index contributed by atoms with van der Waals surface area (Å²) in [4.78, 5) is 25.6. The fraction of sp³-hybridized carbons (Fsp3) is 0.462. The van der Waals surface area contributed by atoms with Gasteiger partial charge in [0.25, 0.3) is 5.76 Å². The number of halogens is 2. The first-order valence-corrected chi connectivity index (χ1v) is 12.4. The minimum atomic E-state index is -2.49. The molecule has 1 fully saturated rings. The molecule has 0 unspecified atom stereocenters. The molecular formula is C26H31F2NO4S. The summed E-state index contributed by atoms with van der Waals surface area (Å²) in [6.45, 7) is 5.97. The number of carbonyl (C=O) groups is 2. The third-order valence-electron chi connectivity index (χ3n) is 6.07. The minimum absolute atomic E-state index is 0.157. The summed E-state index contributed by atoms with van der Waals surface area (Å²) in [5.74, 6) is -2.46. The molecule has 0 spiro atoms. The molecule has 2 aromatic carbocycles. The molecule has 0 heterocycles. The first-order chi connectivity index (χ1) is 16.2. The predicted molar refractivity (Wildman–Crippen MR) is 130 cm³/mol. The van der Waals surface area contributed by atoms with Gasteiger partial charge in [-0.3, -0.25) is 0 Å². The van der Waals surface area contributed by atoms with Gasteiger partial charge < -0.3 is 14.8 Å². The molecular weight excluding hydrogens is 460 g/mol. The highest BCUT2D eigenvalue weighted by molar-refractivity contribution is 7.99. The standard InChI is InChI=1S/C26H31F2NO4S/c1-16(2)20-13-8-17(3)14-23(20)33-24(30)15-32-25(31)21-6-4-5-7-22(21)29-18-9-11-19(12-10-18)34-26(27)28/h4-7,9-12,16-17,20,23,26,29H,8,13-15H2,1-3H3/t17-,20-,23+/m1/s1. The average molecular weight is 492 g/mol. The van der Waals surface area contributed by atoms with Gasteiger partial charge in [-0.05, 0) is 67.0 Å². The number of rotatable bonds is 9. The summed E-state index contributed by atoms with van der Waals surface area (Å²) < 4.78 is 36.0. The molecule has 0 aliphatic heterocycles. The summed E-state index contributed by atoms with van der Waals surface area (Å²) in [5, 5.41) is 3.10. The van der Waals surface area contributed by atoms with E-state index in [9.17, 15) is 18.4 Å². The molecule has 1 aliphatic rings. The molecule has 3 atom stereocenters. The Bertz CT molecular complexity index is 968. The van der Waals surface area contributed by atoms with E-state index in [0.717, 1.165) is 19.3 Å². The zero-order chi connectivity index (χ0) is 24.7. The second kappa shape index (κ2) is 12.2. The number of ether oxygens (including phenoxy) is 2. The number of carbonyl (C=O) groups excluding carboxylic acids is 2. The molecule has 0 radical (unpaired) electrons. The van der Waals surface area contributed by atoms with Gasteiger partial charge in [0.15, 0.2) is 6.61 Å². The van der Waals surface area contributed by atoms with Crippen molar-refractivity contribution in [2.45, 2.75) is 56.8 Å². The zero-order valence-corrected chi connectivity index (χ0v) is 20.4. The van der Waals surface area contributed by atoms with Crippen LogP contribution in [0.1, 0.15) is 50.4 Å². The van der Waals surface area contributed by atoms with E-state index in [1.807, 2.05) is 0 Å². The van der Waals surface area contributed by atoms with Crippen molar-refractivity contribution in [2.24, 2.45) is 17.8 Å². The number of nitrogens with one attached hydrogen (secondary N) is 1. The van der Waals surface area contributed by atoms with Gasteiger partial charge in [0, 0.05) is 10.6 Å². The molecule has 0 amide bonds. The van der Waals surface area contributed by atoms with Gasteiger partial charge in [-0.25, -0.2) is 9.59 Å². The second-order valence-corrected chi connectivity index (χ2v) is 10.1. The van der Waals surface area contributed by atoms with Crippen LogP contribution in [0.25, 0.3) is 0 Å². The van der Waals surface area contributed by atoms with E-state index >= 15 is 0 Å². The van der Waals surface area contributed by atoms with Gasteiger partial charge in [0.1, 0.15) is 6.10 Å². The van der Waals surface area contributed by atoms with Gasteiger partial charge in [-0.15, -0.1) is 0 Å². The molecule has 8 heteroatoms. The van der Waals surface area contributed by atoms with Crippen molar-refractivity contribution >= 4 is 35.1 Å². The molecule has 1 aliphatic carbocycles. The first kappa shape index (κ1) is 26.0. The molecule has 0 bridgehead atoms. The number of hydrogen-bond acceptors (Lipinski definition) is 6. The molecule has 3 rings (SSSR count). The third-order valence-corrected chi connectivity index (χ3v) is 6.79. The van der Waals surface area contributed by atoms with Crippen LogP contribution in [0.3, 0.4) is 0 Å². The summed E-state index contributed by atoms with van der Waals surface area (Å²) in [6.07, 6.45) is 2.82. The number of anilines is 2. The van der Waals surface area contributed by atoms with Crippen LogP contribution in [-0.4, -0.2) is 30.4 Å². The normalized spacial score (nSPS) is 20.3. The summed E-state index contributed by atoms with van der Waals surface area (Å²) >= 11 is 0.466. The van der Waals surface area contributed by atoms with Crippen molar-refractivity contribution < 1.29 is 27.8 Å². The fourth-order valence-corrected chi connectivity index (χ4v) is 4.80. The maximum Gasteiger partial charge on any atom is 0.344 e. The van der Waals surface area contributed by atoms with E-state index in [4.69, 9.17) is 9.47 Å². The molecule has 1 N–H and O–H groups in total. The van der Waals surface area contributed by atoms with Crippen molar-refractivity contribution in [3.05, 3.63) is 54.1 Å². The largest absolute Gasteiger partial charge is 0.460 e. The smallest absolute Gasteiger partial charge is 0.344 e. The van der Waals surface area contributed by atoms with Crippen molar-refractivity contribution in [2.75, 3.05) is 11.9 Å². The van der Waals surface area contributed by atoms with E-state index in [2.05, 4.69) is 26.1 Å². The molecule has 34 heavy (non-hydrogen) atoms. The predicted octanol–water partition coefficient (Wildman–Crippen LogP) is 6.91. The lowest BCUT2D eigenvalue weighted by atomic mass is 9.75. The topological polar surface area (TPSA) is 64.6 Å². The highest BCUT2D eigenvalue weighted by Crippen LogP contribution is 2.35. The van der Waals surface area contributed by atoms with E-state index in [0.29, 0.717) is 45.8 Å². The monoisotopic (exact) mass is 491 g/mol. The number of para-hydroxylation sites is 1. The molecule has 184 valence electrons. The van der Waals surface area contributed by atoms with Crippen LogP contribution in [0, 0.1) is 17.8 Å². The zero-order valence-electron chi connectivity index (χ0n) is 19.6. The van der Waals surface area contributed by atoms with E-state index in [1.54, 1.807) is 48.5 Å². The Hall–Kier alpha value is -2.61. The minimum Gasteiger partial charge on any atom is -0.460 e. The van der Waals surface area contributed by atoms with Gasteiger partial charge in [-0.1, -0.05) is 51.1 Å². The molecule has 1 saturated carbocycles. The van der Waals surface area contributed by atoms with E-state index < -0.39 is 24.3 Å². The first-order valence-electron chi connectivity index (χ1n) is 11.5.